The zero-order valence-electron chi connectivity index (χ0n) is 19.4. The van der Waals surface area contributed by atoms with Crippen molar-refractivity contribution < 1.29 is 0 Å². The van der Waals surface area contributed by atoms with E-state index in [1.54, 1.807) is 0 Å². The Morgan fingerprint density at radius 1 is 0.706 bits per heavy atom. The van der Waals surface area contributed by atoms with Gasteiger partial charge in [0.2, 0.25) is 0 Å². The first kappa shape index (κ1) is 20.4. The molecule has 1 atom stereocenters. The van der Waals surface area contributed by atoms with Crippen LogP contribution < -0.4 is 0 Å². The average Bonchev–Trinajstić information content (AvgIpc) is 3.27. The zero-order valence-corrected chi connectivity index (χ0v) is 20.2. The molecule has 3 aliphatic carbocycles. The number of thiophene rings is 1. The molecule has 1 nitrogen and oxygen atoms in total. The van der Waals surface area contributed by atoms with E-state index < -0.39 is 0 Å². The molecule has 0 radical (unpaired) electrons. The first-order chi connectivity index (χ1) is 16.8. The van der Waals surface area contributed by atoms with Crippen molar-refractivity contribution in [2.75, 3.05) is 0 Å². The fraction of sp³-hybridized carbons (Fsp3) is 0.281. The molecule has 0 aliphatic heterocycles. The summed E-state index contributed by atoms with van der Waals surface area (Å²) in [5.41, 5.74) is 6.36. The van der Waals surface area contributed by atoms with Crippen molar-refractivity contribution in [1.29, 1.82) is 0 Å². The molecule has 34 heavy (non-hydrogen) atoms. The standard InChI is InChI=1S/C32H29NS/c1-2-4-23(5-3-1)25-11-13-31-29(19-25)28-12-10-26(20-32(28)34-31)30-18-22(14-15-33-30)17-27-16-21-6-8-24(27)9-7-21/h1-5,10-15,18-21,24,27H,6-9,16-17H2. The van der Waals surface area contributed by atoms with Crippen molar-refractivity contribution in [2.24, 2.45) is 17.8 Å². The lowest BCUT2D eigenvalue weighted by Crippen LogP contribution is -2.32. The molecule has 8 rings (SSSR count). The Morgan fingerprint density at radius 2 is 1.56 bits per heavy atom. The summed E-state index contributed by atoms with van der Waals surface area (Å²) in [6.45, 7) is 0. The van der Waals surface area contributed by atoms with Gasteiger partial charge in [-0.05, 0) is 90.5 Å². The minimum absolute atomic E-state index is 0.881. The summed E-state index contributed by atoms with van der Waals surface area (Å²) in [6, 6.07) is 29.0. The van der Waals surface area contributed by atoms with Gasteiger partial charge in [-0.15, -0.1) is 11.3 Å². The molecule has 0 N–H and O–H groups in total. The lowest BCUT2D eigenvalue weighted by atomic mass is 9.63. The predicted octanol–water partition coefficient (Wildman–Crippen LogP) is 9.15. The van der Waals surface area contributed by atoms with Gasteiger partial charge < -0.3 is 0 Å². The van der Waals surface area contributed by atoms with Crippen LogP contribution in [0.2, 0.25) is 0 Å². The molecule has 2 bridgehead atoms. The van der Waals surface area contributed by atoms with E-state index >= 15 is 0 Å². The number of hydrogen-bond donors (Lipinski definition) is 0. The maximum absolute atomic E-state index is 4.77. The molecule has 1 unspecified atom stereocenters. The van der Waals surface area contributed by atoms with E-state index in [1.807, 2.05) is 17.5 Å². The van der Waals surface area contributed by atoms with E-state index in [9.17, 15) is 0 Å². The number of nitrogens with zero attached hydrogens (tertiary/aromatic N) is 1. The summed E-state index contributed by atoms with van der Waals surface area (Å²) in [7, 11) is 0. The van der Waals surface area contributed by atoms with Gasteiger partial charge >= 0.3 is 0 Å². The van der Waals surface area contributed by atoms with E-state index in [1.165, 1.54) is 81.0 Å². The second kappa shape index (κ2) is 8.36. The number of benzene rings is 3. The van der Waals surface area contributed by atoms with Gasteiger partial charge in [0.25, 0.3) is 0 Å². The van der Waals surface area contributed by atoms with Crippen molar-refractivity contribution in [3.8, 4) is 22.4 Å². The third kappa shape index (κ3) is 3.65. The van der Waals surface area contributed by atoms with Crippen molar-refractivity contribution in [3.05, 3.63) is 90.6 Å². The maximum Gasteiger partial charge on any atom is 0.0705 e. The van der Waals surface area contributed by atoms with Crippen LogP contribution in [-0.2, 0) is 6.42 Å². The molecule has 0 amide bonds. The largest absolute Gasteiger partial charge is 0.256 e. The van der Waals surface area contributed by atoms with Gasteiger partial charge in [-0.25, -0.2) is 0 Å². The lowest BCUT2D eigenvalue weighted by molar-refractivity contribution is 0.0991. The van der Waals surface area contributed by atoms with Gasteiger partial charge in [-0.1, -0.05) is 61.4 Å². The Bertz CT molecular complexity index is 1470. The summed E-state index contributed by atoms with van der Waals surface area (Å²) in [5.74, 6) is 2.83. The molecule has 0 saturated heterocycles. The number of aromatic nitrogens is 1. The fourth-order valence-corrected chi connectivity index (χ4v) is 7.70. The summed E-state index contributed by atoms with van der Waals surface area (Å²) >= 11 is 1.89. The first-order valence-corrected chi connectivity index (χ1v) is 13.6. The highest BCUT2D eigenvalue weighted by molar-refractivity contribution is 7.25. The van der Waals surface area contributed by atoms with Crippen LogP contribution in [0.3, 0.4) is 0 Å². The predicted molar refractivity (Wildman–Crippen MR) is 145 cm³/mol. The molecule has 2 aromatic heterocycles. The normalized spacial score (nSPS) is 21.9. The molecule has 3 aromatic carbocycles. The van der Waals surface area contributed by atoms with Crippen LogP contribution in [0.1, 0.15) is 37.7 Å². The molecule has 3 aliphatic rings. The van der Waals surface area contributed by atoms with Gasteiger partial charge in [-0.3, -0.25) is 4.98 Å². The van der Waals surface area contributed by atoms with Crippen LogP contribution in [0.5, 0.6) is 0 Å². The van der Waals surface area contributed by atoms with E-state index in [-0.39, 0.29) is 0 Å². The number of hydrogen-bond acceptors (Lipinski definition) is 2. The monoisotopic (exact) mass is 459 g/mol. The molecular weight excluding hydrogens is 430 g/mol. The van der Waals surface area contributed by atoms with Gasteiger partial charge in [0, 0.05) is 31.9 Å². The van der Waals surface area contributed by atoms with Crippen LogP contribution in [0, 0.1) is 17.8 Å². The summed E-state index contributed by atoms with van der Waals surface area (Å²) in [5, 5.41) is 2.69. The van der Waals surface area contributed by atoms with Crippen molar-refractivity contribution in [2.45, 2.75) is 38.5 Å². The van der Waals surface area contributed by atoms with Crippen LogP contribution in [-0.4, -0.2) is 4.98 Å². The number of fused-ring (bicyclic) bond motifs is 6. The fourth-order valence-electron chi connectivity index (χ4n) is 6.57. The van der Waals surface area contributed by atoms with Crippen molar-refractivity contribution in [1.82, 2.24) is 4.98 Å². The summed E-state index contributed by atoms with van der Waals surface area (Å²) < 4.78 is 2.69. The topological polar surface area (TPSA) is 12.9 Å². The second-order valence-corrected chi connectivity index (χ2v) is 11.5. The van der Waals surface area contributed by atoms with E-state index in [0.29, 0.717) is 0 Å². The smallest absolute Gasteiger partial charge is 0.0705 e. The van der Waals surface area contributed by atoms with Crippen LogP contribution >= 0.6 is 11.3 Å². The van der Waals surface area contributed by atoms with E-state index in [2.05, 4.69) is 78.9 Å². The van der Waals surface area contributed by atoms with E-state index in [4.69, 9.17) is 4.98 Å². The molecule has 168 valence electrons. The molecule has 3 fully saturated rings. The van der Waals surface area contributed by atoms with Crippen LogP contribution in [0.25, 0.3) is 42.6 Å². The summed E-state index contributed by atoms with van der Waals surface area (Å²) in [6.07, 6.45) is 10.6. The van der Waals surface area contributed by atoms with Gasteiger partial charge in [0.05, 0.1) is 5.69 Å². The molecule has 2 heterocycles. The minimum Gasteiger partial charge on any atom is -0.256 e. The maximum atomic E-state index is 4.77. The molecule has 0 spiro atoms. The molecule has 5 aromatic rings. The quantitative estimate of drug-likeness (QED) is 0.261. The van der Waals surface area contributed by atoms with Gasteiger partial charge in [0.1, 0.15) is 0 Å². The average molecular weight is 460 g/mol. The van der Waals surface area contributed by atoms with E-state index in [0.717, 1.165) is 23.4 Å². The second-order valence-electron chi connectivity index (χ2n) is 10.4. The third-order valence-electron chi connectivity index (χ3n) is 8.39. The molecule has 2 heteroatoms. The van der Waals surface area contributed by atoms with Crippen LogP contribution in [0.4, 0.5) is 0 Å². The van der Waals surface area contributed by atoms with Crippen molar-refractivity contribution in [3.63, 3.8) is 0 Å². The number of rotatable bonds is 4. The Hall–Kier alpha value is -2.97. The van der Waals surface area contributed by atoms with Gasteiger partial charge in [0.15, 0.2) is 0 Å². The molecular formula is C32H29NS. The minimum atomic E-state index is 0.881. The van der Waals surface area contributed by atoms with Crippen LogP contribution in [0.15, 0.2) is 85.1 Å². The lowest BCUT2D eigenvalue weighted by Gasteiger charge is -2.42. The highest BCUT2D eigenvalue weighted by Gasteiger charge is 2.35. The SMILES string of the molecule is c1ccc(-c2ccc3sc4cc(-c5cc(CC6CC7CCC6CC7)ccn5)ccc4c3c2)cc1. The van der Waals surface area contributed by atoms with Gasteiger partial charge in [-0.2, -0.15) is 0 Å². The zero-order chi connectivity index (χ0) is 22.5. The molecule has 3 saturated carbocycles. The summed E-state index contributed by atoms with van der Waals surface area (Å²) in [4.78, 5) is 4.77. The first-order valence-electron chi connectivity index (χ1n) is 12.8. The number of pyridine rings is 1. The third-order valence-corrected chi connectivity index (χ3v) is 9.52. The Kier molecular flexibility index (Phi) is 5.02. The highest BCUT2D eigenvalue weighted by atomic mass is 32.1. The highest BCUT2D eigenvalue weighted by Crippen LogP contribution is 2.46. The Labute approximate surface area is 205 Å². The Balaban J connectivity index is 1.21. The van der Waals surface area contributed by atoms with Crippen molar-refractivity contribution >= 4 is 31.5 Å². The Morgan fingerprint density at radius 3 is 2.38 bits per heavy atom.